The number of carbonyl (C=O) groups is 2. The normalized spacial score (nSPS) is 21.4. The second kappa shape index (κ2) is 23.2. The SMILES string of the molecule is CCCCCCCCCCSCCNC(=O)CCNC(=O)[C@H](O)C(C)(C)COP(=O)(O)OP(=O)(O)OC[C@H]1O[C@@H](n2cnc3c(N)ncnc32)[C@H](O)[C@@H]1OP(=O)(O)O. The van der Waals surface area contributed by atoms with Crippen molar-refractivity contribution in [1.29, 1.82) is 0 Å². The zero-order chi connectivity index (χ0) is 43.1. The average Bonchev–Trinajstić information content (AvgIpc) is 3.70. The van der Waals surface area contributed by atoms with Crippen molar-refractivity contribution in [2.75, 3.05) is 43.5 Å². The third kappa shape index (κ3) is 16.7. The van der Waals surface area contributed by atoms with Gasteiger partial charge in [0, 0.05) is 30.7 Å². The van der Waals surface area contributed by atoms with Crippen LogP contribution in [-0.2, 0) is 45.9 Å². The first-order chi connectivity index (χ1) is 27.2. The molecule has 0 aliphatic carbocycles. The molecule has 1 fully saturated rings. The molecule has 7 atom stereocenters. The molecule has 2 amide bonds. The molecule has 2 unspecified atom stereocenters. The molecule has 1 aliphatic heterocycles. The smallest absolute Gasteiger partial charge is 0.386 e. The van der Waals surface area contributed by atoms with Crippen LogP contribution in [0, 0.1) is 5.41 Å². The number of ether oxygens (including phenoxy) is 1. The number of fused-ring (bicyclic) bond motifs is 1. The molecule has 27 heteroatoms. The van der Waals surface area contributed by atoms with Crippen LogP contribution >= 0.6 is 35.2 Å². The molecule has 3 rings (SSSR count). The van der Waals surface area contributed by atoms with Gasteiger partial charge in [0.15, 0.2) is 17.7 Å². The maximum Gasteiger partial charge on any atom is 0.481 e. The van der Waals surface area contributed by atoms with Crippen LogP contribution in [0.3, 0.4) is 0 Å². The summed E-state index contributed by atoms with van der Waals surface area (Å²) in [6.45, 7) is 3.17. The van der Waals surface area contributed by atoms with Crippen LogP contribution in [0.2, 0.25) is 0 Å². The Morgan fingerprint density at radius 3 is 2.29 bits per heavy atom. The van der Waals surface area contributed by atoms with Crippen LogP contribution in [0.4, 0.5) is 5.82 Å². The number of hydrogen-bond donors (Lipinski definition) is 9. The maximum absolute atomic E-state index is 12.7. The Bertz CT molecular complexity index is 1770. The number of thioether (sulfide) groups is 1. The van der Waals surface area contributed by atoms with E-state index in [4.69, 9.17) is 19.5 Å². The largest absolute Gasteiger partial charge is 0.481 e. The first kappa shape index (κ1) is 50.2. The Labute approximate surface area is 340 Å². The zero-order valence-electron chi connectivity index (χ0n) is 32.5. The highest BCUT2D eigenvalue weighted by molar-refractivity contribution is 7.99. The van der Waals surface area contributed by atoms with Crippen molar-refractivity contribution in [2.24, 2.45) is 5.41 Å². The van der Waals surface area contributed by atoms with E-state index in [0.29, 0.717) is 6.54 Å². The van der Waals surface area contributed by atoms with E-state index in [1.165, 1.54) is 58.8 Å². The number of anilines is 1. The number of carbonyl (C=O) groups excluding carboxylic acids is 2. The number of nitrogens with zero attached hydrogens (tertiary/aromatic N) is 4. The fraction of sp³-hybridized carbons (Fsp3) is 0.774. The summed E-state index contributed by atoms with van der Waals surface area (Å²) >= 11 is 1.76. The van der Waals surface area contributed by atoms with E-state index in [1.54, 1.807) is 11.8 Å². The van der Waals surface area contributed by atoms with Gasteiger partial charge in [0.05, 0.1) is 19.5 Å². The minimum atomic E-state index is -5.55. The molecule has 332 valence electrons. The Morgan fingerprint density at radius 2 is 1.62 bits per heavy atom. The van der Waals surface area contributed by atoms with Crippen molar-refractivity contribution in [3.8, 4) is 0 Å². The molecule has 23 nitrogen and oxygen atoms in total. The number of imidazole rings is 1. The molecule has 1 saturated heterocycles. The number of phosphoric acid groups is 3. The molecular formula is C31H56N7O16P3S. The molecule has 10 N–H and O–H groups in total. The van der Waals surface area contributed by atoms with E-state index < -0.39 is 78.6 Å². The van der Waals surface area contributed by atoms with Crippen LogP contribution < -0.4 is 16.4 Å². The fourth-order valence-electron chi connectivity index (χ4n) is 5.64. The molecule has 2 aromatic heterocycles. The molecule has 58 heavy (non-hydrogen) atoms. The number of aliphatic hydroxyl groups excluding tert-OH is 2. The minimum absolute atomic E-state index is 0.0326. The average molecular weight is 908 g/mol. The summed E-state index contributed by atoms with van der Waals surface area (Å²) in [6.07, 6.45) is 3.28. The number of nitrogen functional groups attached to an aromatic ring is 1. The van der Waals surface area contributed by atoms with Crippen LogP contribution in [0.15, 0.2) is 12.7 Å². The molecule has 1 aliphatic rings. The maximum atomic E-state index is 12.7. The number of aromatic nitrogens is 4. The lowest BCUT2D eigenvalue weighted by atomic mass is 9.87. The van der Waals surface area contributed by atoms with E-state index in [0.717, 1.165) is 35.1 Å². The standard InChI is InChI=1S/C31H56N7O16P3S/c1-4-5-6-7-8-9-10-11-15-58-16-14-33-22(39)12-13-34-29(42)26(41)31(2,3)18-51-57(48,49)54-56(46,47)50-17-21-25(53-55(43,44)45)24(40)30(52-21)38-20-37-23-27(32)35-19-36-28(23)38/h19-21,24-26,30,40-41H,4-18H2,1-3H3,(H,33,39)(H,34,42)(H,46,47)(H,48,49)(H2,32,35,36)(H2,43,44,45)/t21-,24-,25-,26+,30-/m1/s1. The lowest BCUT2D eigenvalue weighted by molar-refractivity contribution is -0.137. The van der Waals surface area contributed by atoms with Gasteiger partial charge in [-0.25, -0.2) is 28.6 Å². The van der Waals surface area contributed by atoms with Gasteiger partial charge in [-0.05, 0) is 12.2 Å². The van der Waals surface area contributed by atoms with Crippen LogP contribution in [-0.4, -0.2) is 123 Å². The Morgan fingerprint density at radius 1 is 0.966 bits per heavy atom. The second-order valence-corrected chi connectivity index (χ2v) is 19.6. The number of unbranched alkanes of at least 4 members (excludes halogenated alkanes) is 7. The number of nitrogens with two attached hydrogens (primary N) is 1. The van der Waals surface area contributed by atoms with Gasteiger partial charge in [-0.3, -0.25) is 27.7 Å². The van der Waals surface area contributed by atoms with Gasteiger partial charge in [0.1, 0.15) is 36.3 Å². The van der Waals surface area contributed by atoms with Gasteiger partial charge in [-0.2, -0.15) is 16.1 Å². The summed E-state index contributed by atoms with van der Waals surface area (Å²) in [5.41, 5.74) is 4.33. The predicted molar refractivity (Wildman–Crippen MR) is 210 cm³/mol. The minimum Gasteiger partial charge on any atom is -0.386 e. The fourth-order valence-corrected chi connectivity index (χ4v) is 9.33. The number of hydrogen-bond acceptors (Lipinski definition) is 17. The Hall–Kier alpha value is -2.11. The zero-order valence-corrected chi connectivity index (χ0v) is 36.0. The van der Waals surface area contributed by atoms with Gasteiger partial charge in [-0.1, -0.05) is 65.7 Å². The highest BCUT2D eigenvalue weighted by atomic mass is 32.2. The summed E-state index contributed by atoms with van der Waals surface area (Å²) in [5, 5.41) is 26.7. The topological polar surface area (TPSA) is 347 Å². The van der Waals surface area contributed by atoms with Crippen molar-refractivity contribution < 1.29 is 75.7 Å². The molecule has 0 spiro atoms. The van der Waals surface area contributed by atoms with Crippen molar-refractivity contribution in [3.63, 3.8) is 0 Å². The molecule has 2 aromatic rings. The van der Waals surface area contributed by atoms with E-state index in [9.17, 15) is 53.1 Å². The van der Waals surface area contributed by atoms with Crippen molar-refractivity contribution in [1.82, 2.24) is 30.2 Å². The van der Waals surface area contributed by atoms with Gasteiger partial charge in [0.25, 0.3) is 0 Å². The van der Waals surface area contributed by atoms with Crippen molar-refractivity contribution in [3.05, 3.63) is 12.7 Å². The molecule has 0 saturated carbocycles. The third-order valence-corrected chi connectivity index (χ3v) is 13.0. The summed E-state index contributed by atoms with van der Waals surface area (Å²) in [4.78, 5) is 75.8. The number of amides is 2. The highest BCUT2D eigenvalue weighted by Crippen LogP contribution is 2.61. The molecule has 0 aromatic carbocycles. The van der Waals surface area contributed by atoms with Gasteiger partial charge in [0.2, 0.25) is 11.8 Å². The van der Waals surface area contributed by atoms with Gasteiger partial charge >= 0.3 is 23.5 Å². The Balaban J connectivity index is 1.41. The quantitative estimate of drug-likeness (QED) is 0.0437. The number of rotatable bonds is 28. The van der Waals surface area contributed by atoms with E-state index >= 15 is 0 Å². The molecule has 0 bridgehead atoms. The number of aliphatic hydroxyl groups is 2. The molecule has 3 heterocycles. The van der Waals surface area contributed by atoms with Crippen molar-refractivity contribution in [2.45, 2.75) is 109 Å². The first-order valence-corrected chi connectivity index (χ1v) is 24.3. The highest BCUT2D eigenvalue weighted by Gasteiger charge is 2.50. The molecular weight excluding hydrogens is 851 g/mol. The lowest BCUT2D eigenvalue weighted by Gasteiger charge is -2.30. The van der Waals surface area contributed by atoms with Crippen LogP contribution in [0.25, 0.3) is 11.2 Å². The van der Waals surface area contributed by atoms with Crippen LogP contribution in [0.5, 0.6) is 0 Å². The van der Waals surface area contributed by atoms with E-state index in [1.807, 2.05) is 0 Å². The second-order valence-electron chi connectivity index (χ2n) is 14.2. The van der Waals surface area contributed by atoms with Crippen molar-refractivity contribution >= 4 is 64.0 Å². The summed E-state index contributed by atoms with van der Waals surface area (Å²) in [7, 11) is -16.3. The van der Waals surface area contributed by atoms with Gasteiger partial charge in [-0.15, -0.1) is 0 Å². The third-order valence-electron chi connectivity index (χ3n) is 8.79. The monoisotopic (exact) mass is 907 g/mol. The van der Waals surface area contributed by atoms with E-state index in [-0.39, 0.29) is 35.9 Å². The molecule has 0 radical (unpaired) electrons. The predicted octanol–water partition coefficient (Wildman–Crippen LogP) is 2.28. The summed E-state index contributed by atoms with van der Waals surface area (Å²) < 4.78 is 62.3. The Kier molecular flexibility index (Phi) is 20.1. The van der Waals surface area contributed by atoms with Gasteiger partial charge < -0.3 is 50.9 Å². The summed E-state index contributed by atoms with van der Waals surface area (Å²) in [5.74, 6) is 0.521. The number of nitrogens with one attached hydrogen (secondary N) is 2. The van der Waals surface area contributed by atoms with E-state index in [2.05, 4.69) is 41.3 Å². The lowest BCUT2D eigenvalue weighted by Crippen LogP contribution is -2.46. The number of phosphoric ester groups is 3. The summed E-state index contributed by atoms with van der Waals surface area (Å²) in [6, 6.07) is 0. The first-order valence-electron chi connectivity index (χ1n) is 18.6. The van der Waals surface area contributed by atoms with Crippen LogP contribution in [0.1, 0.15) is 84.8 Å².